The molecular formula is C13H9N3O2S. The van der Waals surface area contributed by atoms with Crippen molar-refractivity contribution >= 4 is 17.0 Å². The van der Waals surface area contributed by atoms with E-state index in [9.17, 15) is 10.1 Å². The standard InChI is InChI=1S/C13H9N3O2S/c17-16(18)12-5-2-1-4-9(12)10-8-11(15-14-10)13-6-3-7-19-13/h1-8H,(H,14,15). The molecule has 19 heavy (non-hydrogen) atoms. The quantitative estimate of drug-likeness (QED) is 0.583. The normalized spacial score (nSPS) is 10.5. The summed E-state index contributed by atoms with van der Waals surface area (Å²) in [5.74, 6) is 0. The van der Waals surface area contributed by atoms with Gasteiger partial charge in [-0.1, -0.05) is 18.2 Å². The maximum atomic E-state index is 11.0. The molecule has 0 saturated carbocycles. The molecule has 0 aliphatic rings. The molecule has 2 aromatic heterocycles. The van der Waals surface area contributed by atoms with Crippen molar-refractivity contribution in [2.45, 2.75) is 0 Å². The molecule has 3 rings (SSSR count). The van der Waals surface area contributed by atoms with Gasteiger partial charge in [0.1, 0.15) is 0 Å². The second kappa shape index (κ2) is 4.66. The van der Waals surface area contributed by atoms with E-state index in [4.69, 9.17) is 0 Å². The summed E-state index contributed by atoms with van der Waals surface area (Å²) in [5.41, 5.74) is 2.03. The summed E-state index contributed by atoms with van der Waals surface area (Å²) in [4.78, 5) is 11.7. The molecule has 2 heterocycles. The van der Waals surface area contributed by atoms with E-state index in [0.717, 1.165) is 10.6 Å². The molecule has 0 saturated heterocycles. The SMILES string of the molecule is O=[N+]([O-])c1ccccc1-c1cc(-c2cccs2)[nH]n1. The molecule has 0 bridgehead atoms. The summed E-state index contributed by atoms with van der Waals surface area (Å²) in [5, 5.41) is 20.0. The number of para-hydroxylation sites is 1. The molecule has 0 amide bonds. The van der Waals surface area contributed by atoms with Crippen LogP contribution in [0.25, 0.3) is 21.8 Å². The van der Waals surface area contributed by atoms with Crippen LogP contribution in [0.15, 0.2) is 47.8 Å². The molecule has 0 aliphatic carbocycles. The highest BCUT2D eigenvalue weighted by Gasteiger charge is 2.16. The molecule has 94 valence electrons. The second-order valence-electron chi connectivity index (χ2n) is 3.92. The Morgan fingerprint density at radius 1 is 1.21 bits per heavy atom. The summed E-state index contributed by atoms with van der Waals surface area (Å²) < 4.78 is 0. The molecule has 1 aromatic carbocycles. The fraction of sp³-hybridized carbons (Fsp3) is 0. The van der Waals surface area contributed by atoms with Gasteiger partial charge < -0.3 is 0 Å². The summed E-state index contributed by atoms with van der Waals surface area (Å²) in [6, 6.07) is 12.3. The third-order valence-corrected chi connectivity index (χ3v) is 3.64. The third-order valence-electron chi connectivity index (χ3n) is 2.74. The number of hydrogen-bond donors (Lipinski definition) is 1. The maximum Gasteiger partial charge on any atom is 0.278 e. The molecule has 0 unspecified atom stereocenters. The average molecular weight is 271 g/mol. The number of hydrogen-bond acceptors (Lipinski definition) is 4. The first-order valence-electron chi connectivity index (χ1n) is 5.59. The van der Waals surface area contributed by atoms with Crippen molar-refractivity contribution in [2.24, 2.45) is 0 Å². The van der Waals surface area contributed by atoms with Crippen LogP contribution in [0, 0.1) is 10.1 Å². The van der Waals surface area contributed by atoms with Gasteiger partial charge in [0.05, 0.1) is 26.8 Å². The minimum Gasteiger partial charge on any atom is -0.276 e. The highest BCUT2D eigenvalue weighted by atomic mass is 32.1. The number of nitro groups is 1. The van der Waals surface area contributed by atoms with Crippen LogP contribution in [0.2, 0.25) is 0 Å². The molecule has 0 aliphatic heterocycles. The fourth-order valence-electron chi connectivity index (χ4n) is 1.87. The number of H-pyrrole nitrogens is 1. The lowest BCUT2D eigenvalue weighted by Gasteiger charge is -1.97. The molecular weight excluding hydrogens is 262 g/mol. The van der Waals surface area contributed by atoms with Gasteiger partial charge in [0.2, 0.25) is 0 Å². The van der Waals surface area contributed by atoms with Crippen LogP contribution < -0.4 is 0 Å². The van der Waals surface area contributed by atoms with Crippen molar-refractivity contribution in [3.8, 4) is 21.8 Å². The largest absolute Gasteiger partial charge is 0.278 e. The van der Waals surface area contributed by atoms with Crippen LogP contribution in [-0.2, 0) is 0 Å². The topological polar surface area (TPSA) is 71.8 Å². The van der Waals surface area contributed by atoms with E-state index in [2.05, 4.69) is 10.2 Å². The van der Waals surface area contributed by atoms with E-state index in [-0.39, 0.29) is 5.69 Å². The van der Waals surface area contributed by atoms with Gasteiger partial charge >= 0.3 is 0 Å². The molecule has 1 N–H and O–H groups in total. The average Bonchev–Trinajstić information content (AvgIpc) is 3.09. The van der Waals surface area contributed by atoms with E-state index in [1.54, 1.807) is 29.5 Å². The van der Waals surface area contributed by atoms with Crippen LogP contribution in [0.4, 0.5) is 5.69 Å². The number of aromatic nitrogens is 2. The molecule has 0 spiro atoms. The Hall–Kier alpha value is -2.47. The van der Waals surface area contributed by atoms with E-state index < -0.39 is 4.92 Å². The van der Waals surface area contributed by atoms with Gasteiger partial charge in [0.15, 0.2) is 0 Å². The Balaban J connectivity index is 2.06. The maximum absolute atomic E-state index is 11.0. The van der Waals surface area contributed by atoms with Crippen LogP contribution in [0.5, 0.6) is 0 Å². The number of nitrogens with zero attached hydrogens (tertiary/aromatic N) is 2. The van der Waals surface area contributed by atoms with E-state index >= 15 is 0 Å². The van der Waals surface area contributed by atoms with Crippen LogP contribution in [0.1, 0.15) is 0 Å². The molecule has 0 radical (unpaired) electrons. The van der Waals surface area contributed by atoms with Gasteiger partial charge in [-0.25, -0.2) is 0 Å². The van der Waals surface area contributed by atoms with Crippen LogP contribution in [0.3, 0.4) is 0 Å². The lowest BCUT2D eigenvalue weighted by Crippen LogP contribution is -1.91. The lowest BCUT2D eigenvalue weighted by atomic mass is 10.1. The summed E-state index contributed by atoms with van der Waals surface area (Å²) in [6.45, 7) is 0. The minimum absolute atomic E-state index is 0.0618. The zero-order valence-corrected chi connectivity index (χ0v) is 10.6. The first kappa shape index (κ1) is 11.6. The predicted molar refractivity (Wildman–Crippen MR) is 74.0 cm³/mol. The summed E-state index contributed by atoms with van der Waals surface area (Å²) >= 11 is 1.59. The number of nitro benzene ring substituents is 1. The summed E-state index contributed by atoms with van der Waals surface area (Å²) in [6.07, 6.45) is 0. The molecule has 6 heteroatoms. The van der Waals surface area contributed by atoms with E-state index in [1.807, 2.05) is 23.6 Å². The number of benzene rings is 1. The number of aromatic amines is 1. The highest BCUT2D eigenvalue weighted by Crippen LogP contribution is 2.31. The Bertz CT molecular complexity index is 719. The number of rotatable bonds is 3. The van der Waals surface area contributed by atoms with Crippen LogP contribution in [-0.4, -0.2) is 15.1 Å². The monoisotopic (exact) mass is 271 g/mol. The molecule has 3 aromatic rings. The molecule has 5 nitrogen and oxygen atoms in total. The number of nitrogens with one attached hydrogen (secondary N) is 1. The van der Waals surface area contributed by atoms with Gasteiger partial charge in [0, 0.05) is 6.07 Å². The van der Waals surface area contributed by atoms with Gasteiger partial charge in [-0.15, -0.1) is 11.3 Å². The second-order valence-corrected chi connectivity index (χ2v) is 4.87. The van der Waals surface area contributed by atoms with Crippen molar-refractivity contribution in [2.75, 3.05) is 0 Å². The zero-order valence-electron chi connectivity index (χ0n) is 9.74. The fourth-order valence-corrected chi connectivity index (χ4v) is 2.56. The van der Waals surface area contributed by atoms with Crippen molar-refractivity contribution in [3.05, 3.63) is 58.0 Å². The third kappa shape index (κ3) is 2.13. The van der Waals surface area contributed by atoms with Crippen molar-refractivity contribution in [3.63, 3.8) is 0 Å². The van der Waals surface area contributed by atoms with Crippen molar-refractivity contribution < 1.29 is 4.92 Å². The Labute approximate surface area is 112 Å². The molecule has 0 atom stereocenters. The highest BCUT2D eigenvalue weighted by molar-refractivity contribution is 7.13. The van der Waals surface area contributed by atoms with Gasteiger partial charge in [-0.3, -0.25) is 15.2 Å². The first-order valence-corrected chi connectivity index (χ1v) is 6.47. The first-order chi connectivity index (χ1) is 9.25. The number of thiophene rings is 1. The zero-order chi connectivity index (χ0) is 13.2. The predicted octanol–water partition coefficient (Wildman–Crippen LogP) is 3.71. The van der Waals surface area contributed by atoms with Gasteiger partial charge in [0.25, 0.3) is 5.69 Å². The lowest BCUT2D eigenvalue weighted by molar-refractivity contribution is -0.384. The van der Waals surface area contributed by atoms with Gasteiger partial charge in [-0.05, 0) is 23.6 Å². The van der Waals surface area contributed by atoms with E-state index in [0.29, 0.717) is 11.3 Å². The Morgan fingerprint density at radius 2 is 2.05 bits per heavy atom. The van der Waals surface area contributed by atoms with Crippen molar-refractivity contribution in [1.29, 1.82) is 0 Å². The summed E-state index contributed by atoms with van der Waals surface area (Å²) in [7, 11) is 0. The Morgan fingerprint density at radius 3 is 2.79 bits per heavy atom. The van der Waals surface area contributed by atoms with E-state index in [1.165, 1.54) is 6.07 Å². The Kier molecular flexibility index (Phi) is 2.85. The minimum atomic E-state index is -0.394. The van der Waals surface area contributed by atoms with Gasteiger partial charge in [-0.2, -0.15) is 5.10 Å². The van der Waals surface area contributed by atoms with Crippen molar-refractivity contribution in [1.82, 2.24) is 10.2 Å². The molecule has 0 fully saturated rings. The smallest absolute Gasteiger partial charge is 0.276 e. The van der Waals surface area contributed by atoms with Crippen LogP contribution >= 0.6 is 11.3 Å².